The second-order valence-electron chi connectivity index (χ2n) is 5.09. The van der Waals surface area contributed by atoms with E-state index >= 15 is 0 Å². The SMILES string of the molecule is CC(C)[C@H](NC(=O)c1ccccc1OC(F)F)c1cccs1. The van der Waals surface area contributed by atoms with Crippen molar-refractivity contribution in [3.63, 3.8) is 0 Å². The van der Waals surface area contributed by atoms with E-state index in [0.29, 0.717) is 0 Å². The van der Waals surface area contributed by atoms with Crippen LogP contribution in [0, 0.1) is 5.92 Å². The zero-order valence-electron chi connectivity index (χ0n) is 12.3. The third kappa shape index (κ3) is 4.04. The van der Waals surface area contributed by atoms with Crippen LogP contribution in [0.15, 0.2) is 41.8 Å². The minimum atomic E-state index is -2.97. The highest BCUT2D eigenvalue weighted by molar-refractivity contribution is 7.10. The van der Waals surface area contributed by atoms with Crippen LogP contribution in [0.25, 0.3) is 0 Å². The number of halogens is 2. The Bertz CT molecular complexity index is 614. The first-order chi connectivity index (χ1) is 10.5. The predicted octanol–water partition coefficient (Wildman–Crippen LogP) is 4.48. The summed E-state index contributed by atoms with van der Waals surface area (Å²) in [4.78, 5) is 13.4. The van der Waals surface area contributed by atoms with Gasteiger partial charge in [0.15, 0.2) is 0 Å². The summed E-state index contributed by atoms with van der Waals surface area (Å²) in [5, 5.41) is 4.83. The van der Waals surface area contributed by atoms with Gasteiger partial charge in [0, 0.05) is 4.88 Å². The van der Waals surface area contributed by atoms with Crippen molar-refractivity contribution < 1.29 is 18.3 Å². The lowest BCUT2D eigenvalue weighted by Gasteiger charge is -2.22. The summed E-state index contributed by atoms with van der Waals surface area (Å²) in [7, 11) is 0. The number of hydrogen-bond donors (Lipinski definition) is 1. The van der Waals surface area contributed by atoms with Gasteiger partial charge in [-0.3, -0.25) is 4.79 Å². The summed E-state index contributed by atoms with van der Waals surface area (Å²) >= 11 is 1.55. The van der Waals surface area contributed by atoms with Crippen LogP contribution in [0.2, 0.25) is 0 Å². The molecular formula is C16H17F2NO2S. The number of ether oxygens (including phenoxy) is 1. The van der Waals surface area contributed by atoms with E-state index < -0.39 is 12.5 Å². The van der Waals surface area contributed by atoms with Crippen LogP contribution in [0.4, 0.5) is 8.78 Å². The molecule has 22 heavy (non-hydrogen) atoms. The van der Waals surface area contributed by atoms with E-state index in [0.717, 1.165) is 4.88 Å². The van der Waals surface area contributed by atoms with Gasteiger partial charge in [0.2, 0.25) is 0 Å². The second kappa shape index (κ2) is 7.35. The Kier molecular flexibility index (Phi) is 5.49. The molecule has 0 saturated heterocycles. The molecule has 0 unspecified atom stereocenters. The van der Waals surface area contributed by atoms with Crippen LogP contribution >= 0.6 is 11.3 Å². The maximum absolute atomic E-state index is 12.4. The van der Waals surface area contributed by atoms with E-state index in [1.165, 1.54) is 12.1 Å². The number of carbonyl (C=O) groups excluding carboxylic acids is 1. The Hall–Kier alpha value is -1.95. The highest BCUT2D eigenvalue weighted by Gasteiger charge is 2.22. The molecule has 118 valence electrons. The first kappa shape index (κ1) is 16.4. The fourth-order valence-corrected chi connectivity index (χ4v) is 3.06. The van der Waals surface area contributed by atoms with Crippen LogP contribution in [0.1, 0.15) is 35.1 Å². The van der Waals surface area contributed by atoms with Crippen molar-refractivity contribution in [3.05, 3.63) is 52.2 Å². The number of para-hydroxylation sites is 1. The summed E-state index contributed by atoms with van der Waals surface area (Å²) in [5.41, 5.74) is 0.102. The number of rotatable bonds is 6. The highest BCUT2D eigenvalue weighted by atomic mass is 32.1. The third-order valence-corrected chi connectivity index (χ3v) is 4.11. The molecule has 0 aliphatic rings. The first-order valence-electron chi connectivity index (χ1n) is 6.87. The lowest BCUT2D eigenvalue weighted by atomic mass is 10.0. The van der Waals surface area contributed by atoms with Crippen LogP contribution in [0.3, 0.4) is 0 Å². The number of nitrogens with one attached hydrogen (secondary N) is 1. The number of benzene rings is 1. The van der Waals surface area contributed by atoms with Gasteiger partial charge in [-0.25, -0.2) is 0 Å². The van der Waals surface area contributed by atoms with Gasteiger partial charge in [0.25, 0.3) is 5.91 Å². The molecule has 1 heterocycles. The molecule has 0 spiro atoms. The van der Waals surface area contributed by atoms with E-state index in [1.807, 2.05) is 31.4 Å². The van der Waals surface area contributed by atoms with Gasteiger partial charge in [0.05, 0.1) is 11.6 Å². The topological polar surface area (TPSA) is 38.3 Å². The molecule has 0 fully saturated rings. The van der Waals surface area contributed by atoms with Crippen molar-refractivity contribution in [1.82, 2.24) is 5.32 Å². The van der Waals surface area contributed by atoms with Gasteiger partial charge >= 0.3 is 6.61 Å². The third-order valence-electron chi connectivity index (χ3n) is 3.15. The molecule has 0 aliphatic heterocycles. The van der Waals surface area contributed by atoms with Crippen LogP contribution in [0.5, 0.6) is 5.75 Å². The van der Waals surface area contributed by atoms with Gasteiger partial charge in [-0.2, -0.15) is 8.78 Å². The summed E-state index contributed by atoms with van der Waals surface area (Å²) < 4.78 is 29.3. The Labute approximate surface area is 131 Å². The summed E-state index contributed by atoms with van der Waals surface area (Å²) in [6.07, 6.45) is 0. The van der Waals surface area contributed by atoms with E-state index in [9.17, 15) is 13.6 Å². The minimum absolute atomic E-state index is 0.102. The molecule has 1 amide bonds. The Morgan fingerprint density at radius 3 is 2.50 bits per heavy atom. The van der Waals surface area contributed by atoms with Crippen molar-refractivity contribution in [2.75, 3.05) is 0 Å². The summed E-state index contributed by atoms with van der Waals surface area (Å²) in [5.74, 6) is -0.377. The van der Waals surface area contributed by atoms with Crippen LogP contribution in [-0.4, -0.2) is 12.5 Å². The lowest BCUT2D eigenvalue weighted by molar-refractivity contribution is -0.0501. The molecule has 1 aromatic heterocycles. The molecule has 2 aromatic rings. The molecule has 1 aromatic carbocycles. The standard InChI is InChI=1S/C16H17F2NO2S/c1-10(2)14(13-8-5-9-22-13)19-15(20)11-6-3-4-7-12(11)21-16(17)18/h3-10,14,16H,1-2H3,(H,19,20)/t14-/m0/s1. The van der Waals surface area contributed by atoms with Crippen LogP contribution < -0.4 is 10.1 Å². The van der Waals surface area contributed by atoms with E-state index in [-0.39, 0.29) is 23.3 Å². The van der Waals surface area contributed by atoms with Crippen molar-refractivity contribution >= 4 is 17.2 Å². The highest BCUT2D eigenvalue weighted by Crippen LogP contribution is 2.27. The van der Waals surface area contributed by atoms with Gasteiger partial charge in [-0.1, -0.05) is 32.0 Å². The quantitative estimate of drug-likeness (QED) is 0.850. The molecule has 0 aliphatic carbocycles. The molecule has 1 atom stereocenters. The van der Waals surface area contributed by atoms with E-state index in [1.54, 1.807) is 23.5 Å². The number of amides is 1. The summed E-state index contributed by atoms with van der Waals surface area (Å²) in [6, 6.07) is 9.67. The fourth-order valence-electron chi connectivity index (χ4n) is 2.11. The van der Waals surface area contributed by atoms with Gasteiger partial charge < -0.3 is 10.1 Å². The molecular weight excluding hydrogens is 308 g/mol. The molecule has 0 radical (unpaired) electrons. The number of hydrogen-bond acceptors (Lipinski definition) is 3. The molecule has 2 rings (SSSR count). The lowest BCUT2D eigenvalue weighted by Crippen LogP contribution is -2.31. The largest absolute Gasteiger partial charge is 0.434 e. The van der Waals surface area contributed by atoms with E-state index in [4.69, 9.17) is 0 Å². The zero-order chi connectivity index (χ0) is 16.1. The van der Waals surface area contributed by atoms with Gasteiger partial charge in [-0.05, 0) is 29.5 Å². The maximum Gasteiger partial charge on any atom is 0.387 e. The van der Waals surface area contributed by atoms with Gasteiger partial charge in [-0.15, -0.1) is 11.3 Å². The molecule has 6 heteroatoms. The normalized spacial score (nSPS) is 12.5. The molecule has 0 bridgehead atoms. The van der Waals surface area contributed by atoms with Gasteiger partial charge in [0.1, 0.15) is 5.75 Å². The molecule has 0 saturated carbocycles. The number of alkyl halides is 2. The van der Waals surface area contributed by atoms with Crippen molar-refractivity contribution in [3.8, 4) is 5.75 Å². The Morgan fingerprint density at radius 1 is 1.18 bits per heavy atom. The monoisotopic (exact) mass is 325 g/mol. The van der Waals surface area contributed by atoms with Crippen molar-refractivity contribution in [1.29, 1.82) is 0 Å². The van der Waals surface area contributed by atoms with Crippen LogP contribution in [-0.2, 0) is 0 Å². The second-order valence-corrected chi connectivity index (χ2v) is 6.06. The molecule has 3 nitrogen and oxygen atoms in total. The minimum Gasteiger partial charge on any atom is -0.434 e. The fraction of sp³-hybridized carbons (Fsp3) is 0.312. The number of thiophene rings is 1. The van der Waals surface area contributed by atoms with E-state index in [2.05, 4.69) is 10.1 Å². The van der Waals surface area contributed by atoms with Crippen molar-refractivity contribution in [2.24, 2.45) is 5.92 Å². The van der Waals surface area contributed by atoms with Crippen molar-refractivity contribution in [2.45, 2.75) is 26.5 Å². The average molecular weight is 325 g/mol. The predicted molar refractivity (Wildman–Crippen MR) is 82.4 cm³/mol. The Balaban J connectivity index is 2.21. The zero-order valence-corrected chi connectivity index (χ0v) is 13.1. The smallest absolute Gasteiger partial charge is 0.387 e. The average Bonchev–Trinajstić information content (AvgIpc) is 2.98. The summed E-state index contributed by atoms with van der Waals surface area (Å²) in [6.45, 7) is 1.02. The Morgan fingerprint density at radius 2 is 1.91 bits per heavy atom. The maximum atomic E-state index is 12.4. The first-order valence-corrected chi connectivity index (χ1v) is 7.75. The number of carbonyl (C=O) groups is 1. The molecule has 1 N–H and O–H groups in total.